The van der Waals surface area contributed by atoms with Gasteiger partial charge in [-0.05, 0) is 32.4 Å². The molecule has 1 heterocycles. The Hall–Kier alpha value is -1.42. The predicted molar refractivity (Wildman–Crippen MR) is 105 cm³/mol. The van der Waals surface area contributed by atoms with Gasteiger partial charge in [0.25, 0.3) is 0 Å². The third kappa shape index (κ3) is 4.56. The summed E-state index contributed by atoms with van der Waals surface area (Å²) in [6.45, 7) is 16.4. The van der Waals surface area contributed by atoms with Gasteiger partial charge in [-0.3, -0.25) is 0 Å². The number of hydrogen-bond donors (Lipinski definition) is 1. The first-order valence-electron chi connectivity index (χ1n) is 8.52. The lowest BCUT2D eigenvalue weighted by Crippen LogP contribution is -2.25. The van der Waals surface area contributed by atoms with Gasteiger partial charge in [0.15, 0.2) is 0 Å². The molecule has 2 rings (SSSR count). The highest BCUT2D eigenvalue weighted by atomic mass is 32.2. The number of phenols is 1. The number of aromatic nitrogens is 2. The molecule has 2 aromatic rings. The summed E-state index contributed by atoms with van der Waals surface area (Å²) >= 11 is 2.01. The van der Waals surface area contributed by atoms with Crippen LogP contribution in [0.5, 0.6) is 5.75 Å². The second-order valence-corrected chi connectivity index (χ2v) is 10.5. The van der Waals surface area contributed by atoms with Crippen molar-refractivity contribution in [2.45, 2.75) is 70.9 Å². The fraction of sp³-hybridized carbons (Fsp3) is 0.550. The van der Waals surface area contributed by atoms with E-state index in [1.165, 1.54) is 5.69 Å². The summed E-state index contributed by atoms with van der Waals surface area (Å²) in [5, 5.41) is 10.2. The van der Waals surface area contributed by atoms with E-state index in [-0.39, 0.29) is 15.2 Å². The van der Waals surface area contributed by atoms with Gasteiger partial charge in [0.05, 0.1) is 11.3 Å². The maximum Gasteiger partial charge on any atom is 0.144 e. The minimum absolute atomic E-state index is 0.179. The second-order valence-electron chi connectivity index (χ2n) is 8.00. The normalized spacial score (nSPS) is 12.6. The van der Waals surface area contributed by atoms with Crippen molar-refractivity contribution in [2.24, 2.45) is 0 Å². The van der Waals surface area contributed by atoms with Gasteiger partial charge in [0.2, 0.25) is 0 Å². The van der Waals surface area contributed by atoms with Crippen molar-refractivity contribution in [3.63, 3.8) is 0 Å². The molecule has 24 heavy (non-hydrogen) atoms. The standard InChI is InChI=1S/C20H30N2OS/c1-14-15(2)22(13-12-20(6,7)24-19(3,4)5)18(21-14)16-10-8-9-11-17(16)23/h8-11,23H,12-13H2,1-7H3. The largest absolute Gasteiger partial charge is 0.507 e. The van der Waals surface area contributed by atoms with Gasteiger partial charge in [-0.1, -0.05) is 46.8 Å². The molecule has 0 unspecified atom stereocenters. The van der Waals surface area contributed by atoms with Crippen LogP contribution in [0.25, 0.3) is 11.4 Å². The Morgan fingerprint density at radius 1 is 1.08 bits per heavy atom. The van der Waals surface area contributed by atoms with Gasteiger partial charge < -0.3 is 9.67 Å². The minimum atomic E-state index is 0.179. The van der Waals surface area contributed by atoms with Crippen molar-refractivity contribution in [3.8, 4) is 17.1 Å². The van der Waals surface area contributed by atoms with E-state index < -0.39 is 0 Å². The van der Waals surface area contributed by atoms with E-state index in [1.54, 1.807) is 6.07 Å². The molecule has 0 amide bonds. The molecule has 0 radical (unpaired) electrons. The molecular weight excluding hydrogens is 316 g/mol. The fourth-order valence-electron chi connectivity index (χ4n) is 3.06. The Bertz CT molecular complexity index is 711. The summed E-state index contributed by atoms with van der Waals surface area (Å²) in [6.07, 6.45) is 1.05. The molecule has 0 aliphatic heterocycles. The van der Waals surface area contributed by atoms with Gasteiger partial charge >= 0.3 is 0 Å². The number of aromatic hydroxyl groups is 1. The molecule has 0 saturated carbocycles. The van der Waals surface area contributed by atoms with Crippen LogP contribution in [0.3, 0.4) is 0 Å². The van der Waals surface area contributed by atoms with Crippen LogP contribution in [0.2, 0.25) is 0 Å². The molecule has 0 bridgehead atoms. The number of thioether (sulfide) groups is 1. The molecule has 1 N–H and O–H groups in total. The van der Waals surface area contributed by atoms with E-state index in [9.17, 15) is 5.11 Å². The monoisotopic (exact) mass is 346 g/mol. The summed E-state index contributed by atoms with van der Waals surface area (Å²) in [6, 6.07) is 7.44. The van der Waals surface area contributed by atoms with Crippen molar-refractivity contribution >= 4 is 11.8 Å². The van der Waals surface area contributed by atoms with Crippen molar-refractivity contribution in [2.75, 3.05) is 0 Å². The SMILES string of the molecule is Cc1nc(-c2ccccc2O)n(CCC(C)(C)SC(C)(C)C)c1C. The summed E-state index contributed by atoms with van der Waals surface area (Å²) in [4.78, 5) is 4.71. The topological polar surface area (TPSA) is 38.1 Å². The Morgan fingerprint density at radius 3 is 2.29 bits per heavy atom. The number of nitrogens with zero attached hydrogens (tertiary/aromatic N) is 2. The van der Waals surface area contributed by atoms with Gasteiger partial charge in [-0.2, -0.15) is 0 Å². The smallest absolute Gasteiger partial charge is 0.144 e. The van der Waals surface area contributed by atoms with Crippen LogP contribution in [-0.2, 0) is 6.54 Å². The summed E-state index contributed by atoms with van der Waals surface area (Å²) in [5.74, 6) is 1.15. The lowest BCUT2D eigenvalue weighted by atomic mass is 10.1. The number of para-hydroxylation sites is 1. The zero-order chi connectivity index (χ0) is 18.1. The van der Waals surface area contributed by atoms with E-state index in [0.717, 1.165) is 30.0 Å². The molecule has 132 valence electrons. The number of aryl methyl sites for hydroxylation is 1. The molecule has 0 aliphatic rings. The fourth-order valence-corrected chi connectivity index (χ4v) is 4.91. The molecule has 4 heteroatoms. The molecule has 0 atom stereocenters. The number of phenolic OH excluding ortho intramolecular Hbond substituents is 1. The van der Waals surface area contributed by atoms with Crippen LogP contribution in [0.15, 0.2) is 24.3 Å². The zero-order valence-corrected chi connectivity index (χ0v) is 16.8. The van der Waals surface area contributed by atoms with E-state index in [1.807, 2.05) is 36.9 Å². The van der Waals surface area contributed by atoms with Crippen LogP contribution in [0.4, 0.5) is 0 Å². The first-order chi connectivity index (χ1) is 11.0. The van der Waals surface area contributed by atoms with Crippen molar-refractivity contribution in [3.05, 3.63) is 35.7 Å². The number of imidazole rings is 1. The minimum Gasteiger partial charge on any atom is -0.507 e. The van der Waals surface area contributed by atoms with Gasteiger partial charge in [-0.15, -0.1) is 11.8 Å². The van der Waals surface area contributed by atoms with E-state index in [0.29, 0.717) is 0 Å². The van der Waals surface area contributed by atoms with Crippen molar-refractivity contribution in [1.82, 2.24) is 9.55 Å². The van der Waals surface area contributed by atoms with E-state index in [4.69, 9.17) is 4.98 Å². The van der Waals surface area contributed by atoms with Crippen LogP contribution < -0.4 is 0 Å². The number of rotatable bonds is 5. The van der Waals surface area contributed by atoms with Crippen LogP contribution in [-0.4, -0.2) is 24.2 Å². The second kappa shape index (κ2) is 6.83. The predicted octanol–water partition coefficient (Wildman–Crippen LogP) is 5.57. The lowest BCUT2D eigenvalue weighted by molar-refractivity contribution is 0.475. The Morgan fingerprint density at radius 2 is 1.71 bits per heavy atom. The molecule has 0 aliphatic carbocycles. The van der Waals surface area contributed by atoms with E-state index >= 15 is 0 Å². The maximum atomic E-state index is 10.2. The number of hydrogen-bond acceptors (Lipinski definition) is 3. The average molecular weight is 347 g/mol. The molecule has 1 aromatic carbocycles. The highest BCUT2D eigenvalue weighted by Crippen LogP contribution is 2.39. The highest BCUT2D eigenvalue weighted by Gasteiger charge is 2.27. The van der Waals surface area contributed by atoms with Gasteiger partial charge in [-0.25, -0.2) is 4.98 Å². The van der Waals surface area contributed by atoms with Crippen molar-refractivity contribution < 1.29 is 5.11 Å². The van der Waals surface area contributed by atoms with Gasteiger partial charge in [0.1, 0.15) is 11.6 Å². The Kier molecular flexibility index (Phi) is 5.38. The third-order valence-electron chi connectivity index (χ3n) is 4.12. The zero-order valence-electron chi connectivity index (χ0n) is 16.0. The molecule has 1 aromatic heterocycles. The maximum absolute atomic E-state index is 10.2. The third-order valence-corrected chi connectivity index (χ3v) is 5.49. The lowest BCUT2D eigenvalue weighted by Gasteiger charge is -2.32. The van der Waals surface area contributed by atoms with Crippen LogP contribution >= 0.6 is 11.8 Å². The molecule has 0 spiro atoms. The number of benzene rings is 1. The first-order valence-corrected chi connectivity index (χ1v) is 9.34. The molecule has 3 nitrogen and oxygen atoms in total. The Labute approximate surface area is 150 Å². The average Bonchev–Trinajstić information content (AvgIpc) is 2.70. The quantitative estimate of drug-likeness (QED) is 0.769. The van der Waals surface area contributed by atoms with Gasteiger partial charge in [0, 0.05) is 21.7 Å². The Balaban J connectivity index is 2.30. The summed E-state index contributed by atoms with van der Waals surface area (Å²) < 4.78 is 2.66. The summed E-state index contributed by atoms with van der Waals surface area (Å²) in [5.41, 5.74) is 2.99. The molecular formula is C20H30N2OS. The van der Waals surface area contributed by atoms with Crippen LogP contribution in [0.1, 0.15) is 52.4 Å². The molecule has 0 saturated heterocycles. The van der Waals surface area contributed by atoms with Crippen LogP contribution in [0, 0.1) is 13.8 Å². The van der Waals surface area contributed by atoms with Crippen molar-refractivity contribution in [1.29, 1.82) is 0 Å². The highest BCUT2D eigenvalue weighted by molar-refractivity contribution is 8.01. The first kappa shape index (κ1) is 18.9. The summed E-state index contributed by atoms with van der Waals surface area (Å²) in [7, 11) is 0. The molecule has 0 fully saturated rings. The van der Waals surface area contributed by atoms with E-state index in [2.05, 4.69) is 46.1 Å².